The molecule has 2 N–H and O–H groups in total. The van der Waals surface area contributed by atoms with Gasteiger partial charge in [-0.2, -0.15) is 0 Å². The highest BCUT2D eigenvalue weighted by Crippen LogP contribution is 2.13. The van der Waals surface area contributed by atoms with E-state index in [1.807, 2.05) is 0 Å². The van der Waals surface area contributed by atoms with Crippen LogP contribution < -0.4 is 5.32 Å². The summed E-state index contributed by atoms with van der Waals surface area (Å²) in [6.07, 6.45) is -0.777. The third-order valence-corrected chi connectivity index (χ3v) is 1.65. The second kappa shape index (κ2) is 4.40. The van der Waals surface area contributed by atoms with Gasteiger partial charge in [-0.1, -0.05) is 5.21 Å². The highest BCUT2D eigenvalue weighted by atomic mass is 16.6. The summed E-state index contributed by atoms with van der Waals surface area (Å²) >= 11 is 0. The number of hydrogen-bond acceptors (Lipinski definition) is 5. The third-order valence-electron chi connectivity index (χ3n) is 1.65. The van der Waals surface area contributed by atoms with Crippen LogP contribution in [0.15, 0.2) is 0 Å². The summed E-state index contributed by atoms with van der Waals surface area (Å²) in [5, 5.41) is 18.2. The van der Waals surface area contributed by atoms with Crippen LogP contribution in [0.3, 0.4) is 0 Å². The predicted molar refractivity (Wildman–Crippen MR) is 57.8 cm³/mol. The summed E-state index contributed by atoms with van der Waals surface area (Å²) in [6.45, 7) is 5.09. The number of hydrogen-bond donors (Lipinski definition) is 2. The Labute approximate surface area is 97.6 Å². The molecule has 1 amide bonds. The summed E-state index contributed by atoms with van der Waals surface area (Å²) in [4.78, 5) is 22.3. The van der Waals surface area contributed by atoms with Crippen molar-refractivity contribution in [1.82, 2.24) is 15.0 Å². The Balaban J connectivity index is 2.83. The Morgan fingerprint density at radius 1 is 1.41 bits per heavy atom. The minimum atomic E-state index is -1.23. The second-order valence-electron chi connectivity index (χ2n) is 4.34. The molecule has 0 unspecified atom stereocenters. The number of ether oxygens (including phenoxy) is 1. The quantitative estimate of drug-likeness (QED) is 0.796. The van der Waals surface area contributed by atoms with Crippen LogP contribution in [0, 0.1) is 0 Å². The summed E-state index contributed by atoms with van der Waals surface area (Å²) in [7, 11) is 1.41. The van der Waals surface area contributed by atoms with E-state index < -0.39 is 17.7 Å². The first-order chi connectivity index (χ1) is 7.70. The molecule has 1 aromatic rings. The lowest BCUT2D eigenvalue weighted by atomic mass is 10.2. The van der Waals surface area contributed by atoms with Crippen LogP contribution in [-0.2, 0) is 11.8 Å². The molecule has 17 heavy (non-hydrogen) atoms. The molecule has 0 saturated heterocycles. The van der Waals surface area contributed by atoms with Gasteiger partial charge in [-0.25, -0.2) is 14.3 Å². The molecule has 0 spiro atoms. The molecule has 1 rings (SSSR count). The van der Waals surface area contributed by atoms with E-state index in [4.69, 9.17) is 9.84 Å². The molecule has 0 atom stereocenters. The largest absolute Gasteiger partial charge is 0.476 e. The molecule has 0 aliphatic rings. The van der Waals surface area contributed by atoms with E-state index >= 15 is 0 Å². The number of aromatic nitrogens is 3. The van der Waals surface area contributed by atoms with E-state index in [1.54, 1.807) is 20.8 Å². The van der Waals surface area contributed by atoms with Gasteiger partial charge in [-0.05, 0) is 20.8 Å². The van der Waals surface area contributed by atoms with Crippen molar-refractivity contribution >= 4 is 17.9 Å². The number of aryl methyl sites for hydroxylation is 1. The maximum Gasteiger partial charge on any atom is 0.413 e. The van der Waals surface area contributed by atoms with Gasteiger partial charge >= 0.3 is 12.1 Å². The van der Waals surface area contributed by atoms with Crippen LogP contribution in [0.25, 0.3) is 0 Å². The first kappa shape index (κ1) is 12.9. The zero-order valence-electron chi connectivity index (χ0n) is 10.0. The zero-order chi connectivity index (χ0) is 13.2. The number of aromatic carboxylic acids is 1. The average molecular weight is 242 g/mol. The summed E-state index contributed by atoms with van der Waals surface area (Å²) in [5.74, 6) is -1.38. The molecule has 8 nitrogen and oxygen atoms in total. The first-order valence-corrected chi connectivity index (χ1v) is 4.83. The van der Waals surface area contributed by atoms with E-state index in [-0.39, 0.29) is 11.5 Å². The number of anilines is 1. The van der Waals surface area contributed by atoms with Crippen molar-refractivity contribution < 1.29 is 19.4 Å². The number of amides is 1. The van der Waals surface area contributed by atoms with E-state index in [2.05, 4.69) is 15.6 Å². The van der Waals surface area contributed by atoms with E-state index in [1.165, 1.54) is 7.05 Å². The van der Waals surface area contributed by atoms with Gasteiger partial charge in [0.15, 0.2) is 11.5 Å². The number of nitrogens with one attached hydrogen (secondary N) is 1. The van der Waals surface area contributed by atoms with E-state index in [9.17, 15) is 9.59 Å². The molecular weight excluding hydrogens is 228 g/mol. The minimum absolute atomic E-state index is 0.144. The Hall–Kier alpha value is -2.12. The molecule has 0 bridgehead atoms. The van der Waals surface area contributed by atoms with Crippen molar-refractivity contribution in [1.29, 1.82) is 0 Å². The molecule has 0 saturated carbocycles. The fraction of sp³-hybridized carbons (Fsp3) is 0.556. The maximum atomic E-state index is 11.4. The third kappa shape index (κ3) is 3.44. The second-order valence-corrected chi connectivity index (χ2v) is 4.34. The summed E-state index contributed by atoms with van der Waals surface area (Å²) < 4.78 is 6.02. The molecule has 0 radical (unpaired) electrons. The lowest BCUT2D eigenvalue weighted by Crippen LogP contribution is -2.28. The molecule has 1 heterocycles. The van der Waals surface area contributed by atoms with Crippen molar-refractivity contribution in [2.75, 3.05) is 5.32 Å². The standard InChI is InChI=1S/C9H14N4O4/c1-9(2,3)17-8(16)10-6-5(7(14)15)13(4)12-11-6/h1-4H3,(H,10,16)(H,14,15). The van der Waals surface area contributed by atoms with Gasteiger partial charge in [0.05, 0.1) is 0 Å². The van der Waals surface area contributed by atoms with Crippen molar-refractivity contribution in [3.05, 3.63) is 5.69 Å². The van der Waals surface area contributed by atoms with Crippen LogP contribution >= 0.6 is 0 Å². The number of carboxylic acids is 1. The molecule has 94 valence electrons. The van der Waals surface area contributed by atoms with Gasteiger partial charge < -0.3 is 9.84 Å². The number of carboxylic acid groups (broad SMARTS) is 1. The molecule has 8 heteroatoms. The molecule has 0 aliphatic carbocycles. The van der Waals surface area contributed by atoms with Gasteiger partial charge in [-0.15, -0.1) is 5.10 Å². The number of carbonyl (C=O) groups excluding carboxylic acids is 1. The van der Waals surface area contributed by atoms with E-state index in [0.717, 1.165) is 4.68 Å². The fourth-order valence-electron chi connectivity index (χ4n) is 1.08. The van der Waals surface area contributed by atoms with Crippen LogP contribution in [0.2, 0.25) is 0 Å². The Morgan fingerprint density at radius 2 is 2.00 bits per heavy atom. The van der Waals surface area contributed by atoms with Crippen molar-refractivity contribution in [3.8, 4) is 0 Å². The van der Waals surface area contributed by atoms with Gasteiger partial charge in [-0.3, -0.25) is 5.32 Å². The Bertz CT molecular complexity index is 446. The number of rotatable bonds is 2. The SMILES string of the molecule is Cn1nnc(NC(=O)OC(C)(C)C)c1C(=O)O. The van der Waals surface area contributed by atoms with Gasteiger partial charge in [0.25, 0.3) is 0 Å². The Kier molecular flexibility index (Phi) is 3.35. The smallest absolute Gasteiger partial charge is 0.413 e. The normalized spacial score (nSPS) is 11.1. The lowest BCUT2D eigenvalue weighted by Gasteiger charge is -2.19. The monoisotopic (exact) mass is 242 g/mol. The molecule has 0 aromatic carbocycles. The van der Waals surface area contributed by atoms with Gasteiger partial charge in [0.2, 0.25) is 0 Å². The van der Waals surface area contributed by atoms with Crippen LogP contribution in [-0.4, -0.2) is 37.8 Å². The van der Waals surface area contributed by atoms with Crippen LogP contribution in [0.5, 0.6) is 0 Å². The molecule has 0 fully saturated rings. The molecular formula is C9H14N4O4. The average Bonchev–Trinajstić information content (AvgIpc) is 2.42. The summed E-state index contributed by atoms with van der Waals surface area (Å²) in [6, 6.07) is 0. The van der Waals surface area contributed by atoms with Crippen LogP contribution in [0.4, 0.5) is 10.6 Å². The first-order valence-electron chi connectivity index (χ1n) is 4.83. The topological polar surface area (TPSA) is 106 Å². The van der Waals surface area contributed by atoms with E-state index in [0.29, 0.717) is 0 Å². The number of carbonyl (C=O) groups is 2. The lowest BCUT2D eigenvalue weighted by molar-refractivity contribution is 0.0635. The van der Waals surface area contributed by atoms with Crippen molar-refractivity contribution in [2.45, 2.75) is 26.4 Å². The maximum absolute atomic E-state index is 11.4. The zero-order valence-corrected chi connectivity index (χ0v) is 10.0. The minimum Gasteiger partial charge on any atom is -0.476 e. The van der Waals surface area contributed by atoms with Gasteiger partial charge in [0, 0.05) is 7.05 Å². The number of nitrogens with zero attached hydrogens (tertiary/aromatic N) is 3. The predicted octanol–water partition coefficient (Wildman–Crippen LogP) is 0.860. The van der Waals surface area contributed by atoms with Crippen molar-refractivity contribution in [2.24, 2.45) is 7.05 Å². The van der Waals surface area contributed by atoms with Crippen molar-refractivity contribution in [3.63, 3.8) is 0 Å². The highest BCUT2D eigenvalue weighted by Gasteiger charge is 2.22. The van der Waals surface area contributed by atoms with Gasteiger partial charge in [0.1, 0.15) is 5.60 Å². The highest BCUT2D eigenvalue weighted by molar-refractivity contribution is 5.95. The van der Waals surface area contributed by atoms with Crippen LogP contribution in [0.1, 0.15) is 31.3 Å². The molecule has 1 aromatic heterocycles. The molecule has 0 aliphatic heterocycles. The fourth-order valence-corrected chi connectivity index (χ4v) is 1.08. The summed E-state index contributed by atoms with van der Waals surface area (Å²) in [5.41, 5.74) is -0.883. The Morgan fingerprint density at radius 3 is 2.47 bits per heavy atom.